The van der Waals surface area contributed by atoms with E-state index in [-0.39, 0.29) is 29.8 Å². The molecule has 0 fully saturated rings. The van der Waals surface area contributed by atoms with Crippen LogP contribution in [0.4, 0.5) is 0 Å². The van der Waals surface area contributed by atoms with Crippen LogP contribution in [0.25, 0.3) is 11.5 Å². The van der Waals surface area contributed by atoms with Gasteiger partial charge in [0.05, 0.1) is 18.1 Å². The molecule has 0 atom stereocenters. The van der Waals surface area contributed by atoms with Crippen molar-refractivity contribution in [2.24, 2.45) is 0 Å². The topological polar surface area (TPSA) is 96.5 Å². The minimum atomic E-state index is -1.14. The molecule has 0 unspecified atom stereocenters. The van der Waals surface area contributed by atoms with E-state index in [1.165, 1.54) is 0 Å². The number of hydrogen-bond acceptors (Lipinski definition) is 5. The average Bonchev–Trinajstić information content (AvgIpc) is 3.12. The average molecular weight is 386 g/mol. The molecule has 0 saturated carbocycles. The van der Waals surface area contributed by atoms with Crippen molar-refractivity contribution in [2.45, 2.75) is 12.4 Å². The van der Waals surface area contributed by atoms with E-state index in [0.29, 0.717) is 11.3 Å². The summed E-state index contributed by atoms with van der Waals surface area (Å²) in [5.74, 6) is -1.34. The van der Waals surface area contributed by atoms with Gasteiger partial charge in [0.2, 0.25) is 5.89 Å². The number of carboxylic acid groups (broad SMARTS) is 1. The second kappa shape index (κ2) is 8.46. The van der Waals surface area contributed by atoms with Gasteiger partial charge in [-0.3, -0.25) is 14.6 Å². The number of aromatic nitrogens is 2. The Morgan fingerprint density at radius 1 is 1.11 bits per heavy atom. The van der Waals surface area contributed by atoms with E-state index in [4.69, 9.17) is 16.0 Å². The summed E-state index contributed by atoms with van der Waals surface area (Å²) in [5.41, 5.74) is 1.25. The second-order valence-corrected chi connectivity index (χ2v) is 5.93. The standard InChI is InChI=1S/C19H16ClN3O4/c20-10-15-17(22-18(27-15)13-6-2-1-3-7-13)19(26)23(12-16(24)25)11-14-8-4-5-9-21-14/h1-9H,10-12H2,(H,24,25). The van der Waals surface area contributed by atoms with Crippen molar-refractivity contribution in [2.75, 3.05) is 6.54 Å². The Kier molecular flexibility index (Phi) is 5.83. The molecule has 0 aliphatic carbocycles. The van der Waals surface area contributed by atoms with Crippen molar-refractivity contribution < 1.29 is 19.1 Å². The molecule has 3 aromatic rings. The zero-order chi connectivity index (χ0) is 19.2. The molecule has 0 saturated heterocycles. The molecule has 1 amide bonds. The van der Waals surface area contributed by atoms with E-state index in [2.05, 4.69) is 9.97 Å². The second-order valence-electron chi connectivity index (χ2n) is 5.67. The molecule has 0 aliphatic rings. The first-order chi connectivity index (χ1) is 13.1. The number of amides is 1. The number of rotatable bonds is 7. The van der Waals surface area contributed by atoms with Crippen LogP contribution in [0, 0.1) is 0 Å². The van der Waals surface area contributed by atoms with Crippen LogP contribution in [-0.2, 0) is 17.2 Å². The third kappa shape index (κ3) is 4.51. The molecule has 0 bridgehead atoms. The third-order valence-corrected chi connectivity index (χ3v) is 3.98. The molecule has 0 radical (unpaired) electrons. The van der Waals surface area contributed by atoms with Crippen LogP contribution in [-0.4, -0.2) is 38.4 Å². The molecule has 1 N–H and O–H groups in total. The summed E-state index contributed by atoms with van der Waals surface area (Å²) in [4.78, 5) is 33.7. The van der Waals surface area contributed by atoms with E-state index in [1.54, 1.807) is 36.5 Å². The van der Waals surface area contributed by atoms with Crippen molar-refractivity contribution in [1.82, 2.24) is 14.9 Å². The first kappa shape index (κ1) is 18.6. The number of carboxylic acids is 1. The minimum absolute atomic E-state index is 0.000958. The lowest BCUT2D eigenvalue weighted by molar-refractivity contribution is -0.137. The molecule has 7 nitrogen and oxygen atoms in total. The highest BCUT2D eigenvalue weighted by atomic mass is 35.5. The number of nitrogens with zero attached hydrogens (tertiary/aromatic N) is 3. The number of halogens is 1. The quantitative estimate of drug-likeness (QED) is 0.627. The fourth-order valence-electron chi connectivity index (χ4n) is 2.51. The van der Waals surface area contributed by atoms with Gasteiger partial charge in [-0.05, 0) is 24.3 Å². The predicted octanol–water partition coefficient (Wildman–Crippen LogP) is 3.20. The fraction of sp³-hybridized carbons (Fsp3) is 0.158. The maximum Gasteiger partial charge on any atom is 0.323 e. The smallest absolute Gasteiger partial charge is 0.323 e. The highest BCUT2D eigenvalue weighted by molar-refractivity contribution is 6.17. The number of benzene rings is 1. The summed E-state index contributed by atoms with van der Waals surface area (Å²) in [6.07, 6.45) is 1.58. The SMILES string of the molecule is O=C(O)CN(Cc1ccccn1)C(=O)c1nc(-c2ccccc2)oc1CCl. The molecule has 2 heterocycles. The number of pyridine rings is 1. The van der Waals surface area contributed by atoms with E-state index in [1.807, 2.05) is 18.2 Å². The molecule has 1 aromatic carbocycles. The summed E-state index contributed by atoms with van der Waals surface area (Å²) >= 11 is 5.91. The van der Waals surface area contributed by atoms with E-state index < -0.39 is 18.4 Å². The van der Waals surface area contributed by atoms with Gasteiger partial charge in [-0.15, -0.1) is 11.6 Å². The van der Waals surface area contributed by atoms with Crippen LogP contribution in [0.1, 0.15) is 21.9 Å². The number of carbonyl (C=O) groups is 2. The van der Waals surface area contributed by atoms with Gasteiger partial charge in [0.15, 0.2) is 11.5 Å². The molecule has 0 spiro atoms. The predicted molar refractivity (Wildman–Crippen MR) is 98.1 cm³/mol. The van der Waals surface area contributed by atoms with E-state index in [9.17, 15) is 14.7 Å². The van der Waals surface area contributed by atoms with Crippen molar-refractivity contribution in [3.8, 4) is 11.5 Å². The molecule has 0 aliphatic heterocycles. The zero-order valence-electron chi connectivity index (χ0n) is 14.2. The summed E-state index contributed by atoms with van der Waals surface area (Å²) in [6, 6.07) is 14.3. The zero-order valence-corrected chi connectivity index (χ0v) is 15.0. The number of carbonyl (C=O) groups excluding carboxylic acids is 1. The van der Waals surface area contributed by atoms with Crippen LogP contribution in [0.2, 0.25) is 0 Å². The fourth-order valence-corrected chi connectivity index (χ4v) is 2.69. The Balaban J connectivity index is 1.93. The van der Waals surface area contributed by atoms with Crippen molar-refractivity contribution >= 4 is 23.5 Å². The van der Waals surface area contributed by atoms with Gasteiger partial charge < -0.3 is 14.4 Å². The first-order valence-electron chi connectivity index (χ1n) is 8.10. The van der Waals surface area contributed by atoms with Crippen LogP contribution < -0.4 is 0 Å². The Morgan fingerprint density at radius 2 is 1.85 bits per heavy atom. The van der Waals surface area contributed by atoms with Gasteiger partial charge in [-0.1, -0.05) is 24.3 Å². The van der Waals surface area contributed by atoms with Crippen molar-refractivity contribution in [3.63, 3.8) is 0 Å². The van der Waals surface area contributed by atoms with Crippen LogP contribution in [0.5, 0.6) is 0 Å². The molecular weight excluding hydrogens is 370 g/mol. The third-order valence-electron chi connectivity index (χ3n) is 3.73. The van der Waals surface area contributed by atoms with Gasteiger partial charge in [-0.2, -0.15) is 0 Å². The summed E-state index contributed by atoms with van der Waals surface area (Å²) in [5, 5.41) is 9.18. The summed E-state index contributed by atoms with van der Waals surface area (Å²) < 4.78 is 5.62. The highest BCUT2D eigenvalue weighted by Crippen LogP contribution is 2.24. The molecule has 27 heavy (non-hydrogen) atoms. The summed E-state index contributed by atoms with van der Waals surface area (Å²) in [6.45, 7) is -0.466. The molecule has 3 rings (SSSR count). The molecule has 8 heteroatoms. The Labute approximate surface area is 160 Å². The summed E-state index contributed by atoms with van der Waals surface area (Å²) in [7, 11) is 0. The Bertz CT molecular complexity index is 929. The van der Waals surface area contributed by atoms with Crippen LogP contribution in [0.3, 0.4) is 0 Å². The van der Waals surface area contributed by atoms with Gasteiger partial charge in [0.1, 0.15) is 6.54 Å². The highest BCUT2D eigenvalue weighted by Gasteiger charge is 2.26. The molecule has 2 aromatic heterocycles. The number of alkyl halides is 1. The van der Waals surface area contributed by atoms with Crippen molar-refractivity contribution in [3.05, 3.63) is 71.9 Å². The van der Waals surface area contributed by atoms with Gasteiger partial charge >= 0.3 is 5.97 Å². The van der Waals surface area contributed by atoms with Gasteiger partial charge in [-0.25, -0.2) is 4.98 Å². The molecular formula is C19H16ClN3O4. The number of aliphatic carboxylic acids is 1. The number of hydrogen-bond donors (Lipinski definition) is 1. The van der Waals surface area contributed by atoms with Gasteiger partial charge in [0.25, 0.3) is 5.91 Å². The molecule has 138 valence electrons. The van der Waals surface area contributed by atoms with E-state index in [0.717, 1.165) is 4.90 Å². The number of oxazole rings is 1. The maximum absolute atomic E-state index is 13.0. The monoisotopic (exact) mass is 385 g/mol. The largest absolute Gasteiger partial charge is 0.480 e. The van der Waals surface area contributed by atoms with Crippen LogP contribution >= 0.6 is 11.6 Å². The van der Waals surface area contributed by atoms with Crippen LogP contribution in [0.15, 0.2) is 59.1 Å². The lowest BCUT2D eigenvalue weighted by Crippen LogP contribution is -2.36. The normalized spacial score (nSPS) is 10.6. The maximum atomic E-state index is 13.0. The lowest BCUT2D eigenvalue weighted by atomic mass is 10.2. The Morgan fingerprint density at radius 3 is 2.48 bits per heavy atom. The minimum Gasteiger partial charge on any atom is -0.480 e. The lowest BCUT2D eigenvalue weighted by Gasteiger charge is -2.19. The van der Waals surface area contributed by atoms with E-state index >= 15 is 0 Å². The Hall–Kier alpha value is -3.19. The van der Waals surface area contributed by atoms with Gasteiger partial charge in [0, 0.05) is 11.8 Å². The van der Waals surface area contributed by atoms with Crippen molar-refractivity contribution in [1.29, 1.82) is 0 Å². The first-order valence-corrected chi connectivity index (χ1v) is 8.64.